The van der Waals surface area contributed by atoms with Crippen LogP contribution in [0, 0.1) is 6.92 Å². The summed E-state index contributed by atoms with van der Waals surface area (Å²) in [7, 11) is 0. The first-order valence-electron chi connectivity index (χ1n) is 4.44. The van der Waals surface area contributed by atoms with Gasteiger partial charge in [-0.3, -0.25) is 4.79 Å². The van der Waals surface area contributed by atoms with Gasteiger partial charge in [0.05, 0.1) is 5.25 Å². The molecule has 0 fully saturated rings. The van der Waals surface area contributed by atoms with Crippen molar-refractivity contribution in [2.45, 2.75) is 24.9 Å². The Labute approximate surface area is 82.5 Å². The normalized spacial score (nSPS) is 21.4. The van der Waals surface area contributed by atoms with Crippen LogP contribution in [0.4, 0.5) is 0 Å². The third-order valence-electron chi connectivity index (χ3n) is 2.39. The fourth-order valence-corrected chi connectivity index (χ4v) is 2.51. The molecule has 0 saturated heterocycles. The molecule has 1 aromatic carbocycles. The Morgan fingerprint density at radius 3 is 3.00 bits per heavy atom. The van der Waals surface area contributed by atoms with Gasteiger partial charge in [0.1, 0.15) is 0 Å². The molecule has 13 heavy (non-hydrogen) atoms. The first-order valence-corrected chi connectivity index (χ1v) is 5.48. The molecule has 0 radical (unpaired) electrons. The maximum absolute atomic E-state index is 11.7. The smallest absolute Gasteiger partial charge is 0.175 e. The second kappa shape index (κ2) is 3.18. The maximum atomic E-state index is 11.7. The lowest BCUT2D eigenvalue weighted by atomic mass is 10.00. The molecule has 0 aliphatic carbocycles. The molecule has 1 aromatic rings. The summed E-state index contributed by atoms with van der Waals surface area (Å²) in [4.78, 5) is 11.7. The highest BCUT2D eigenvalue weighted by molar-refractivity contribution is 8.00. The Kier molecular flexibility index (Phi) is 2.16. The minimum absolute atomic E-state index is 0.134. The van der Waals surface area contributed by atoms with E-state index in [1.165, 1.54) is 11.1 Å². The van der Waals surface area contributed by atoms with Gasteiger partial charge < -0.3 is 0 Å². The fourth-order valence-electron chi connectivity index (χ4n) is 1.55. The first-order chi connectivity index (χ1) is 6.18. The van der Waals surface area contributed by atoms with Gasteiger partial charge in [0.15, 0.2) is 5.78 Å². The van der Waals surface area contributed by atoms with E-state index in [0.29, 0.717) is 0 Å². The molecule has 1 unspecified atom stereocenters. The summed E-state index contributed by atoms with van der Waals surface area (Å²) in [5, 5.41) is 0.134. The highest BCUT2D eigenvalue weighted by atomic mass is 32.2. The molecule has 0 amide bonds. The largest absolute Gasteiger partial charge is 0.293 e. The number of carbonyl (C=O) groups excluding carboxylic acids is 1. The second-order valence-electron chi connectivity index (χ2n) is 3.48. The summed E-state index contributed by atoms with van der Waals surface area (Å²) in [6.45, 7) is 4.01. The van der Waals surface area contributed by atoms with E-state index in [-0.39, 0.29) is 11.0 Å². The molecule has 2 rings (SSSR count). The van der Waals surface area contributed by atoms with Gasteiger partial charge in [0.25, 0.3) is 0 Å². The first kappa shape index (κ1) is 8.82. The molecule has 0 saturated carbocycles. The summed E-state index contributed by atoms with van der Waals surface area (Å²) >= 11 is 1.73. The monoisotopic (exact) mass is 192 g/mol. The third-order valence-corrected chi connectivity index (χ3v) is 3.58. The number of benzene rings is 1. The molecular weight excluding hydrogens is 180 g/mol. The summed E-state index contributed by atoms with van der Waals surface area (Å²) in [5.41, 5.74) is 3.30. The lowest BCUT2D eigenvalue weighted by Crippen LogP contribution is -2.20. The van der Waals surface area contributed by atoms with Crippen LogP contribution in [0.3, 0.4) is 0 Å². The van der Waals surface area contributed by atoms with Crippen LogP contribution in [0.1, 0.15) is 28.4 Å². The van der Waals surface area contributed by atoms with E-state index >= 15 is 0 Å². The summed E-state index contributed by atoms with van der Waals surface area (Å²) < 4.78 is 0. The van der Waals surface area contributed by atoms with Crippen molar-refractivity contribution in [1.29, 1.82) is 0 Å². The standard InChI is InChI=1S/C11H12OS/c1-7-3-4-9-6-13-8(2)11(12)10(9)5-7/h3-5,8H,6H2,1-2H3. The molecule has 1 aliphatic heterocycles. The number of ketones is 1. The molecule has 68 valence electrons. The zero-order chi connectivity index (χ0) is 9.42. The predicted molar refractivity (Wildman–Crippen MR) is 56.3 cm³/mol. The van der Waals surface area contributed by atoms with Crippen LogP contribution in [0.15, 0.2) is 18.2 Å². The van der Waals surface area contributed by atoms with E-state index in [9.17, 15) is 4.79 Å². The van der Waals surface area contributed by atoms with Crippen LogP contribution in [0.2, 0.25) is 0 Å². The predicted octanol–water partition coefficient (Wildman–Crippen LogP) is 2.81. The zero-order valence-corrected chi connectivity index (χ0v) is 8.65. The number of aryl methyl sites for hydroxylation is 1. The Morgan fingerprint density at radius 2 is 2.23 bits per heavy atom. The van der Waals surface area contributed by atoms with Gasteiger partial charge in [0, 0.05) is 11.3 Å². The van der Waals surface area contributed by atoms with Crippen molar-refractivity contribution in [3.63, 3.8) is 0 Å². The summed E-state index contributed by atoms with van der Waals surface area (Å²) in [6.07, 6.45) is 0. The van der Waals surface area contributed by atoms with E-state index < -0.39 is 0 Å². The van der Waals surface area contributed by atoms with Crippen LogP contribution in [-0.4, -0.2) is 11.0 Å². The highest BCUT2D eigenvalue weighted by Crippen LogP contribution is 2.30. The van der Waals surface area contributed by atoms with Crippen LogP contribution in [0.25, 0.3) is 0 Å². The Balaban J connectivity index is 2.51. The summed E-state index contributed by atoms with van der Waals surface area (Å²) in [6, 6.07) is 6.15. The lowest BCUT2D eigenvalue weighted by Gasteiger charge is -2.19. The Bertz CT molecular complexity index is 357. The van der Waals surface area contributed by atoms with E-state index in [1.54, 1.807) is 11.8 Å². The molecule has 1 atom stereocenters. The lowest BCUT2D eigenvalue weighted by molar-refractivity contribution is 0.0991. The maximum Gasteiger partial charge on any atom is 0.175 e. The number of fused-ring (bicyclic) bond motifs is 1. The molecule has 1 nitrogen and oxygen atoms in total. The topological polar surface area (TPSA) is 17.1 Å². The van der Waals surface area contributed by atoms with Crippen LogP contribution in [-0.2, 0) is 5.75 Å². The van der Waals surface area contributed by atoms with Crippen LogP contribution >= 0.6 is 11.8 Å². The number of rotatable bonds is 0. The van der Waals surface area contributed by atoms with Gasteiger partial charge in [-0.2, -0.15) is 0 Å². The van der Waals surface area contributed by atoms with Crippen molar-refractivity contribution < 1.29 is 4.79 Å². The van der Waals surface area contributed by atoms with Crippen molar-refractivity contribution in [3.8, 4) is 0 Å². The minimum Gasteiger partial charge on any atom is -0.293 e. The number of hydrogen-bond donors (Lipinski definition) is 0. The number of carbonyl (C=O) groups is 1. The van der Waals surface area contributed by atoms with Crippen molar-refractivity contribution >= 4 is 17.5 Å². The van der Waals surface area contributed by atoms with Crippen molar-refractivity contribution in [3.05, 3.63) is 34.9 Å². The molecule has 0 N–H and O–H groups in total. The Hall–Kier alpha value is -0.760. The second-order valence-corrected chi connectivity index (χ2v) is 4.81. The van der Waals surface area contributed by atoms with E-state index in [4.69, 9.17) is 0 Å². The minimum atomic E-state index is 0.134. The van der Waals surface area contributed by atoms with Crippen molar-refractivity contribution in [1.82, 2.24) is 0 Å². The van der Waals surface area contributed by atoms with Crippen LogP contribution < -0.4 is 0 Å². The molecule has 0 spiro atoms. The molecule has 0 bridgehead atoms. The van der Waals surface area contributed by atoms with Gasteiger partial charge in [0.2, 0.25) is 0 Å². The van der Waals surface area contributed by atoms with Gasteiger partial charge in [-0.05, 0) is 25.5 Å². The molecular formula is C11H12OS. The third kappa shape index (κ3) is 1.51. The SMILES string of the molecule is Cc1ccc2c(c1)C(=O)C(C)SC2. The van der Waals surface area contributed by atoms with E-state index in [2.05, 4.69) is 12.1 Å². The average Bonchev–Trinajstić information content (AvgIpc) is 2.12. The van der Waals surface area contributed by atoms with E-state index in [0.717, 1.165) is 11.3 Å². The fraction of sp³-hybridized carbons (Fsp3) is 0.364. The van der Waals surface area contributed by atoms with Gasteiger partial charge in [-0.15, -0.1) is 11.8 Å². The molecule has 2 heteroatoms. The molecule has 0 aromatic heterocycles. The number of hydrogen-bond acceptors (Lipinski definition) is 2. The van der Waals surface area contributed by atoms with Crippen molar-refractivity contribution in [2.75, 3.05) is 0 Å². The summed E-state index contributed by atoms with van der Waals surface area (Å²) in [5.74, 6) is 1.26. The zero-order valence-electron chi connectivity index (χ0n) is 7.83. The van der Waals surface area contributed by atoms with Gasteiger partial charge in [-0.25, -0.2) is 0 Å². The average molecular weight is 192 g/mol. The molecule has 1 heterocycles. The van der Waals surface area contributed by atoms with Crippen molar-refractivity contribution in [2.24, 2.45) is 0 Å². The van der Waals surface area contributed by atoms with Gasteiger partial charge >= 0.3 is 0 Å². The number of Topliss-reactive ketones (excluding diaryl/α,β-unsaturated/α-hetero) is 1. The quantitative estimate of drug-likeness (QED) is 0.628. The molecule has 1 aliphatic rings. The van der Waals surface area contributed by atoms with Crippen LogP contribution in [0.5, 0.6) is 0 Å². The highest BCUT2D eigenvalue weighted by Gasteiger charge is 2.23. The number of thioether (sulfide) groups is 1. The van der Waals surface area contributed by atoms with E-state index in [1.807, 2.05) is 19.9 Å². The van der Waals surface area contributed by atoms with Gasteiger partial charge in [-0.1, -0.05) is 17.7 Å². The Morgan fingerprint density at radius 1 is 1.46 bits per heavy atom.